The molecule has 1 atom stereocenters. The van der Waals surface area contributed by atoms with Crippen LogP contribution in [0.1, 0.15) is 50.1 Å². The van der Waals surface area contributed by atoms with Gasteiger partial charge >= 0.3 is 12.0 Å². The average molecular weight is 386 g/mol. The first kappa shape index (κ1) is 19.2. The van der Waals surface area contributed by atoms with Crippen molar-refractivity contribution in [3.05, 3.63) is 35.9 Å². The Balaban J connectivity index is 1.36. The molecule has 1 aliphatic carbocycles. The number of carbonyl (C=O) groups is 2. The number of hydrogen-bond acceptors (Lipinski definition) is 4. The third-order valence-electron chi connectivity index (χ3n) is 6.96. The van der Waals surface area contributed by atoms with E-state index in [0.717, 1.165) is 25.9 Å². The average Bonchev–Trinajstić information content (AvgIpc) is 3.23. The molecule has 0 radical (unpaired) electrons. The third kappa shape index (κ3) is 3.62. The van der Waals surface area contributed by atoms with Crippen LogP contribution >= 0.6 is 0 Å². The molecule has 152 valence electrons. The predicted molar refractivity (Wildman–Crippen MR) is 107 cm³/mol. The van der Waals surface area contributed by atoms with E-state index in [1.807, 2.05) is 4.90 Å². The van der Waals surface area contributed by atoms with Crippen LogP contribution in [0, 0.1) is 5.41 Å². The molecule has 1 aromatic rings. The van der Waals surface area contributed by atoms with Gasteiger partial charge in [0.2, 0.25) is 0 Å². The fourth-order valence-corrected chi connectivity index (χ4v) is 5.54. The van der Waals surface area contributed by atoms with Crippen LogP contribution in [0.5, 0.6) is 0 Å². The van der Waals surface area contributed by atoms with Crippen LogP contribution in [0.4, 0.5) is 4.79 Å². The molecule has 1 unspecified atom stereocenters. The maximum absolute atomic E-state index is 12.3. The minimum atomic E-state index is -0.420. The molecule has 1 spiro atoms. The Kier molecular flexibility index (Phi) is 5.58. The van der Waals surface area contributed by atoms with Crippen LogP contribution in [-0.4, -0.2) is 61.1 Å². The van der Waals surface area contributed by atoms with Gasteiger partial charge in [0.1, 0.15) is 6.54 Å². The van der Waals surface area contributed by atoms with E-state index in [9.17, 15) is 9.59 Å². The van der Waals surface area contributed by atoms with E-state index in [1.54, 1.807) is 0 Å². The quantitative estimate of drug-likeness (QED) is 0.810. The summed E-state index contributed by atoms with van der Waals surface area (Å²) in [6, 6.07) is 11.9. The molecule has 0 aromatic heterocycles. The van der Waals surface area contributed by atoms with E-state index in [2.05, 4.69) is 45.3 Å². The molecule has 6 heteroatoms. The van der Waals surface area contributed by atoms with Crippen LogP contribution in [0.15, 0.2) is 30.3 Å². The van der Waals surface area contributed by atoms with E-state index >= 15 is 0 Å². The van der Waals surface area contributed by atoms with Gasteiger partial charge in [-0.2, -0.15) is 0 Å². The summed E-state index contributed by atoms with van der Waals surface area (Å²) >= 11 is 0. The molecule has 1 N–H and O–H groups in total. The highest BCUT2D eigenvalue weighted by Crippen LogP contribution is 2.59. The number of nitrogens with one attached hydrogen (secondary N) is 1. The summed E-state index contributed by atoms with van der Waals surface area (Å²) in [4.78, 5) is 28.0. The van der Waals surface area contributed by atoms with Crippen LogP contribution in [-0.2, 0) is 9.53 Å². The van der Waals surface area contributed by atoms with Crippen molar-refractivity contribution in [3.8, 4) is 0 Å². The largest absolute Gasteiger partial charge is 0.468 e. The van der Waals surface area contributed by atoms with Crippen molar-refractivity contribution < 1.29 is 14.3 Å². The fraction of sp³-hybridized carbons (Fsp3) is 0.636. The van der Waals surface area contributed by atoms with Gasteiger partial charge in [-0.25, -0.2) is 4.79 Å². The summed E-state index contributed by atoms with van der Waals surface area (Å²) < 4.78 is 4.58. The number of rotatable bonds is 4. The number of likely N-dealkylation sites (tertiary alicyclic amines) is 2. The molecule has 1 aromatic carbocycles. The molecular weight excluding hydrogens is 354 g/mol. The van der Waals surface area contributed by atoms with Gasteiger partial charge in [0.05, 0.1) is 7.11 Å². The van der Waals surface area contributed by atoms with Gasteiger partial charge in [0.15, 0.2) is 0 Å². The zero-order valence-corrected chi connectivity index (χ0v) is 16.7. The second-order valence-corrected chi connectivity index (χ2v) is 8.51. The normalized spacial score (nSPS) is 24.8. The highest BCUT2D eigenvalue weighted by Gasteiger charge is 2.55. The maximum atomic E-state index is 12.3. The number of ether oxygens (including phenoxy) is 1. The molecule has 2 heterocycles. The van der Waals surface area contributed by atoms with Crippen molar-refractivity contribution >= 4 is 12.0 Å². The zero-order valence-electron chi connectivity index (χ0n) is 16.7. The number of benzene rings is 1. The number of hydrogen-bond donors (Lipinski definition) is 1. The lowest BCUT2D eigenvalue weighted by molar-refractivity contribution is -0.139. The number of esters is 1. The number of methoxy groups -OCH3 is 1. The summed E-state index contributed by atoms with van der Waals surface area (Å²) in [5.74, 6) is -0.420. The molecular formula is C22H31N3O3. The molecule has 1 saturated carbocycles. The van der Waals surface area contributed by atoms with Crippen molar-refractivity contribution in [2.24, 2.45) is 5.41 Å². The van der Waals surface area contributed by atoms with E-state index in [0.29, 0.717) is 17.5 Å². The Hall–Kier alpha value is -2.08. The predicted octanol–water partition coefficient (Wildman–Crippen LogP) is 2.95. The van der Waals surface area contributed by atoms with E-state index < -0.39 is 5.97 Å². The lowest BCUT2D eigenvalue weighted by Crippen LogP contribution is -2.62. The smallest absolute Gasteiger partial charge is 0.325 e. The summed E-state index contributed by atoms with van der Waals surface area (Å²) in [5.41, 5.74) is 1.92. The summed E-state index contributed by atoms with van der Waals surface area (Å²) in [6.45, 7) is 2.61. The van der Waals surface area contributed by atoms with Gasteiger partial charge in [0.25, 0.3) is 0 Å². The Morgan fingerprint density at radius 2 is 1.82 bits per heavy atom. The van der Waals surface area contributed by atoms with Crippen molar-refractivity contribution in [2.75, 3.05) is 33.3 Å². The van der Waals surface area contributed by atoms with E-state index in [-0.39, 0.29) is 12.6 Å². The third-order valence-corrected chi connectivity index (χ3v) is 6.96. The topological polar surface area (TPSA) is 61.9 Å². The fourth-order valence-electron chi connectivity index (χ4n) is 5.54. The van der Waals surface area contributed by atoms with Gasteiger partial charge in [0, 0.05) is 37.1 Å². The van der Waals surface area contributed by atoms with Crippen LogP contribution < -0.4 is 5.32 Å². The van der Waals surface area contributed by atoms with Gasteiger partial charge in [-0.3, -0.25) is 9.69 Å². The Morgan fingerprint density at radius 1 is 1.14 bits per heavy atom. The standard InChI is InChI=1S/C22H31N3O3/c1-28-19(26)15-23-21(27)24-13-9-18(10-14-24)25-16-22(11-5-6-12-22)20(25)17-7-3-2-4-8-17/h2-4,7-8,18,20H,5-6,9-16H2,1H3,(H,23,27). The molecule has 2 aliphatic heterocycles. The summed E-state index contributed by atoms with van der Waals surface area (Å²) in [6.07, 6.45) is 7.39. The molecule has 6 nitrogen and oxygen atoms in total. The molecule has 28 heavy (non-hydrogen) atoms. The maximum Gasteiger partial charge on any atom is 0.325 e. The zero-order chi connectivity index (χ0) is 19.6. The number of urea groups is 1. The molecule has 3 aliphatic rings. The van der Waals surface area contributed by atoms with E-state index in [1.165, 1.54) is 44.9 Å². The van der Waals surface area contributed by atoms with Gasteiger partial charge in [-0.15, -0.1) is 0 Å². The number of amides is 2. The highest BCUT2D eigenvalue weighted by atomic mass is 16.5. The Morgan fingerprint density at radius 3 is 2.46 bits per heavy atom. The molecule has 2 amide bonds. The first-order chi connectivity index (χ1) is 13.6. The monoisotopic (exact) mass is 385 g/mol. The first-order valence-electron chi connectivity index (χ1n) is 10.5. The second-order valence-electron chi connectivity index (χ2n) is 8.51. The molecule has 2 saturated heterocycles. The lowest BCUT2D eigenvalue weighted by atomic mass is 9.66. The van der Waals surface area contributed by atoms with Gasteiger partial charge in [-0.05, 0) is 31.2 Å². The minimum Gasteiger partial charge on any atom is -0.468 e. The Labute approximate surface area is 167 Å². The second kappa shape index (κ2) is 8.11. The molecule has 3 fully saturated rings. The summed E-state index contributed by atoms with van der Waals surface area (Å²) in [5, 5.41) is 2.65. The SMILES string of the molecule is COC(=O)CNC(=O)N1CCC(N2CC3(CCCC3)C2c2ccccc2)CC1. The van der Waals surface area contributed by atoms with Crippen molar-refractivity contribution in [1.29, 1.82) is 0 Å². The summed E-state index contributed by atoms with van der Waals surface area (Å²) in [7, 11) is 1.33. The number of piperidine rings is 1. The van der Waals surface area contributed by atoms with Gasteiger partial charge < -0.3 is 15.0 Å². The first-order valence-corrected chi connectivity index (χ1v) is 10.5. The minimum absolute atomic E-state index is 0.0695. The van der Waals surface area contributed by atoms with Crippen LogP contribution in [0.3, 0.4) is 0 Å². The van der Waals surface area contributed by atoms with E-state index in [4.69, 9.17) is 0 Å². The van der Waals surface area contributed by atoms with Crippen molar-refractivity contribution in [2.45, 2.75) is 50.6 Å². The highest BCUT2D eigenvalue weighted by molar-refractivity contribution is 5.80. The molecule has 0 bridgehead atoms. The number of nitrogens with zero attached hydrogens (tertiary/aromatic N) is 2. The van der Waals surface area contributed by atoms with Crippen LogP contribution in [0.25, 0.3) is 0 Å². The van der Waals surface area contributed by atoms with Gasteiger partial charge in [-0.1, -0.05) is 43.2 Å². The lowest BCUT2D eigenvalue weighted by Gasteiger charge is -2.60. The Bertz CT molecular complexity index is 694. The van der Waals surface area contributed by atoms with Crippen LogP contribution in [0.2, 0.25) is 0 Å². The van der Waals surface area contributed by atoms with Crippen molar-refractivity contribution in [3.63, 3.8) is 0 Å². The number of carbonyl (C=O) groups excluding carboxylic acids is 2. The van der Waals surface area contributed by atoms with Crippen molar-refractivity contribution in [1.82, 2.24) is 15.1 Å². The molecule has 4 rings (SSSR count).